The zero-order chi connectivity index (χ0) is 9.73. The van der Waals surface area contributed by atoms with Crippen LogP contribution in [0, 0.1) is 0 Å². The predicted molar refractivity (Wildman–Crippen MR) is 49.6 cm³/mol. The van der Waals surface area contributed by atoms with E-state index in [-0.39, 0.29) is 6.61 Å². The second kappa shape index (κ2) is 4.43. The Morgan fingerprint density at radius 2 is 1.92 bits per heavy atom. The van der Waals surface area contributed by atoms with Crippen LogP contribution in [0.2, 0.25) is 0 Å². The third-order valence-corrected chi connectivity index (χ3v) is 2.79. The minimum atomic E-state index is -3.57. The summed E-state index contributed by atoms with van der Waals surface area (Å²) >= 11 is 0. The molecule has 13 heavy (non-hydrogen) atoms. The molecule has 5 heteroatoms. The predicted octanol–water partition coefficient (Wildman–Crippen LogP) is 1.40. The van der Waals surface area contributed by atoms with Crippen LogP contribution in [0.25, 0.3) is 0 Å². The highest BCUT2D eigenvalue weighted by Crippen LogP contribution is 2.01. The van der Waals surface area contributed by atoms with Crippen molar-refractivity contribution < 1.29 is 12.6 Å². The smallest absolute Gasteiger partial charge is 0.253 e. The molecule has 74 valence electrons. The summed E-state index contributed by atoms with van der Waals surface area (Å²) < 4.78 is 28.4. The number of unbranched alkanes of at least 4 members (excludes halogenated alkanes) is 1. The topological polar surface area (TPSA) is 48.3 Å². The molecule has 0 aliphatic carbocycles. The van der Waals surface area contributed by atoms with Gasteiger partial charge in [0.1, 0.15) is 0 Å². The first-order valence-corrected chi connectivity index (χ1v) is 5.56. The molecule has 0 bridgehead atoms. The van der Waals surface area contributed by atoms with Crippen molar-refractivity contribution in [3.63, 3.8) is 0 Å². The number of nitrogens with zero attached hydrogens (tertiary/aromatic N) is 1. The van der Waals surface area contributed by atoms with Crippen LogP contribution in [0.1, 0.15) is 19.8 Å². The van der Waals surface area contributed by atoms with Crippen LogP contribution >= 0.6 is 0 Å². The second-order valence-electron chi connectivity index (χ2n) is 2.65. The van der Waals surface area contributed by atoms with Crippen LogP contribution in [0.5, 0.6) is 0 Å². The van der Waals surface area contributed by atoms with E-state index in [0.717, 1.165) is 16.8 Å². The fraction of sp³-hybridized carbons (Fsp3) is 0.500. The quantitative estimate of drug-likeness (QED) is 0.679. The molecule has 1 heterocycles. The fourth-order valence-corrected chi connectivity index (χ4v) is 1.73. The zero-order valence-corrected chi connectivity index (χ0v) is 8.33. The summed E-state index contributed by atoms with van der Waals surface area (Å²) in [5, 5.41) is 0. The van der Waals surface area contributed by atoms with Gasteiger partial charge in [-0.1, -0.05) is 13.3 Å². The van der Waals surface area contributed by atoms with Crippen molar-refractivity contribution in [2.24, 2.45) is 0 Å². The number of aromatic nitrogens is 1. The molecule has 0 amide bonds. The van der Waals surface area contributed by atoms with Crippen molar-refractivity contribution in [3.8, 4) is 0 Å². The third-order valence-electron chi connectivity index (χ3n) is 1.57. The third kappa shape index (κ3) is 2.86. The maximum Gasteiger partial charge on any atom is 0.365 e. The molecule has 0 spiro atoms. The van der Waals surface area contributed by atoms with Gasteiger partial charge in [0.2, 0.25) is 0 Å². The summed E-state index contributed by atoms with van der Waals surface area (Å²) in [6.07, 6.45) is 4.56. The van der Waals surface area contributed by atoms with Gasteiger partial charge in [0, 0.05) is 12.4 Å². The van der Waals surface area contributed by atoms with Gasteiger partial charge in [-0.15, -0.1) is 0 Å². The molecule has 0 aliphatic rings. The number of hydrogen-bond acceptors (Lipinski definition) is 3. The van der Waals surface area contributed by atoms with E-state index in [4.69, 9.17) is 4.18 Å². The lowest BCUT2D eigenvalue weighted by atomic mass is 10.4. The van der Waals surface area contributed by atoms with Gasteiger partial charge in [0.25, 0.3) is 0 Å². The maximum atomic E-state index is 11.3. The zero-order valence-electron chi connectivity index (χ0n) is 7.51. The van der Waals surface area contributed by atoms with E-state index in [2.05, 4.69) is 0 Å². The standard InChI is InChI=1S/C8H13NO3S/c1-2-3-8-12-13(10,11)9-6-4-5-7-9/h4-7H,2-3,8H2,1H3. The molecule has 0 fully saturated rings. The number of rotatable bonds is 5. The molecule has 0 saturated carbocycles. The normalized spacial score (nSPS) is 11.8. The Morgan fingerprint density at radius 1 is 1.31 bits per heavy atom. The molecule has 4 nitrogen and oxygen atoms in total. The molecule has 0 unspecified atom stereocenters. The molecule has 0 atom stereocenters. The Kier molecular flexibility index (Phi) is 3.50. The van der Waals surface area contributed by atoms with Gasteiger partial charge < -0.3 is 0 Å². The SMILES string of the molecule is CCCCOS(=O)(=O)n1cccc1. The summed E-state index contributed by atoms with van der Waals surface area (Å²) in [5.74, 6) is 0. The lowest BCUT2D eigenvalue weighted by Crippen LogP contribution is -2.14. The van der Waals surface area contributed by atoms with Gasteiger partial charge in [0.05, 0.1) is 6.61 Å². The van der Waals surface area contributed by atoms with Crippen LogP contribution in [-0.2, 0) is 14.5 Å². The van der Waals surface area contributed by atoms with E-state index < -0.39 is 10.3 Å². The minimum Gasteiger partial charge on any atom is -0.253 e. The molecular weight excluding hydrogens is 190 g/mol. The Balaban J connectivity index is 2.58. The Bertz CT molecular complexity index is 328. The molecule has 0 aliphatic heterocycles. The first-order chi connectivity index (χ1) is 6.17. The monoisotopic (exact) mass is 203 g/mol. The summed E-state index contributed by atoms with van der Waals surface area (Å²) in [5.41, 5.74) is 0. The van der Waals surface area contributed by atoms with E-state index in [1.807, 2.05) is 6.92 Å². The van der Waals surface area contributed by atoms with Gasteiger partial charge in [-0.25, -0.2) is 3.97 Å². The Labute approximate surface area is 78.4 Å². The van der Waals surface area contributed by atoms with Crippen molar-refractivity contribution in [1.82, 2.24) is 3.97 Å². The average Bonchev–Trinajstić information content (AvgIpc) is 2.56. The van der Waals surface area contributed by atoms with Crippen LogP contribution in [0.15, 0.2) is 24.5 Å². The first kappa shape index (κ1) is 10.3. The van der Waals surface area contributed by atoms with E-state index in [0.29, 0.717) is 0 Å². The van der Waals surface area contributed by atoms with Gasteiger partial charge >= 0.3 is 10.3 Å². The van der Waals surface area contributed by atoms with E-state index in [1.165, 1.54) is 12.4 Å². The molecule has 1 rings (SSSR count). The van der Waals surface area contributed by atoms with Crippen LogP contribution in [0.4, 0.5) is 0 Å². The summed E-state index contributed by atoms with van der Waals surface area (Å²) in [4.78, 5) is 0. The molecule has 0 aromatic carbocycles. The largest absolute Gasteiger partial charge is 0.365 e. The number of hydrogen-bond donors (Lipinski definition) is 0. The van der Waals surface area contributed by atoms with Crippen molar-refractivity contribution in [1.29, 1.82) is 0 Å². The minimum absolute atomic E-state index is 0.247. The fourth-order valence-electron chi connectivity index (χ4n) is 0.837. The van der Waals surface area contributed by atoms with E-state index >= 15 is 0 Å². The first-order valence-electron chi connectivity index (χ1n) is 4.19. The molecule has 0 saturated heterocycles. The van der Waals surface area contributed by atoms with Gasteiger partial charge in [-0.2, -0.15) is 8.42 Å². The van der Waals surface area contributed by atoms with Gasteiger partial charge in [0.15, 0.2) is 0 Å². The van der Waals surface area contributed by atoms with Crippen molar-refractivity contribution in [2.75, 3.05) is 6.61 Å². The molecule has 1 aromatic rings. The second-order valence-corrected chi connectivity index (χ2v) is 4.16. The van der Waals surface area contributed by atoms with Crippen molar-refractivity contribution in [2.45, 2.75) is 19.8 Å². The molecule has 0 N–H and O–H groups in total. The van der Waals surface area contributed by atoms with E-state index in [9.17, 15) is 8.42 Å². The van der Waals surface area contributed by atoms with E-state index in [1.54, 1.807) is 12.1 Å². The molecule has 1 aromatic heterocycles. The molecular formula is C8H13NO3S. The highest BCUT2D eigenvalue weighted by Gasteiger charge is 2.10. The lowest BCUT2D eigenvalue weighted by Gasteiger charge is -2.04. The van der Waals surface area contributed by atoms with Crippen LogP contribution in [-0.4, -0.2) is 19.0 Å². The van der Waals surface area contributed by atoms with Gasteiger partial charge in [-0.05, 0) is 18.6 Å². The van der Waals surface area contributed by atoms with Crippen LogP contribution in [0.3, 0.4) is 0 Å². The van der Waals surface area contributed by atoms with Crippen molar-refractivity contribution >= 4 is 10.3 Å². The summed E-state index contributed by atoms with van der Waals surface area (Å²) in [6, 6.07) is 3.28. The highest BCUT2D eigenvalue weighted by molar-refractivity contribution is 7.85. The Hall–Kier alpha value is -0.810. The van der Waals surface area contributed by atoms with Crippen LogP contribution < -0.4 is 0 Å². The average molecular weight is 203 g/mol. The maximum absolute atomic E-state index is 11.3. The summed E-state index contributed by atoms with van der Waals surface area (Å²) in [6.45, 7) is 2.22. The lowest BCUT2D eigenvalue weighted by molar-refractivity contribution is 0.306. The molecule has 0 radical (unpaired) electrons. The summed E-state index contributed by atoms with van der Waals surface area (Å²) in [7, 11) is -3.57. The Morgan fingerprint density at radius 3 is 2.46 bits per heavy atom. The van der Waals surface area contributed by atoms with Gasteiger partial charge in [-0.3, -0.25) is 4.18 Å². The highest BCUT2D eigenvalue weighted by atomic mass is 32.2. The van der Waals surface area contributed by atoms with Crippen molar-refractivity contribution in [3.05, 3.63) is 24.5 Å².